The molecule has 2 heterocycles. The van der Waals surface area contributed by atoms with Crippen LogP contribution < -0.4 is 10.2 Å². The van der Waals surface area contributed by atoms with E-state index in [1.165, 1.54) is 37.0 Å². The van der Waals surface area contributed by atoms with Crippen LogP contribution in [0.4, 0.5) is 10.1 Å². The minimum Gasteiger partial charge on any atom is -0.334 e. The van der Waals surface area contributed by atoms with Gasteiger partial charge in [0.1, 0.15) is 17.0 Å². The lowest BCUT2D eigenvalue weighted by atomic mass is 9.84. The van der Waals surface area contributed by atoms with Crippen molar-refractivity contribution >= 4 is 11.6 Å². The Hall–Kier alpha value is -2.40. The van der Waals surface area contributed by atoms with Gasteiger partial charge in [-0.2, -0.15) is 0 Å². The topological polar surface area (TPSA) is 35.6 Å². The Morgan fingerprint density at radius 2 is 1.68 bits per heavy atom. The predicted octanol–water partition coefficient (Wildman–Crippen LogP) is 4.75. The molecule has 166 valence electrons. The third-order valence-electron chi connectivity index (χ3n) is 6.96. The molecule has 0 aliphatic carbocycles. The molecule has 1 unspecified atom stereocenters. The van der Waals surface area contributed by atoms with Crippen molar-refractivity contribution in [3.63, 3.8) is 0 Å². The second kappa shape index (κ2) is 8.99. The normalized spacial score (nSPS) is 23.3. The van der Waals surface area contributed by atoms with Crippen LogP contribution in [0.25, 0.3) is 0 Å². The van der Waals surface area contributed by atoms with Crippen molar-refractivity contribution in [2.75, 3.05) is 24.5 Å². The second-order valence-electron chi connectivity index (χ2n) is 9.28. The molecule has 2 aromatic carbocycles. The van der Waals surface area contributed by atoms with E-state index in [9.17, 15) is 9.18 Å². The van der Waals surface area contributed by atoms with Gasteiger partial charge in [-0.05, 0) is 62.6 Å². The third-order valence-corrected chi connectivity index (χ3v) is 6.96. The quantitative estimate of drug-likeness (QED) is 0.653. The highest BCUT2D eigenvalue weighted by molar-refractivity contribution is 5.95. The van der Waals surface area contributed by atoms with Crippen LogP contribution in [-0.4, -0.2) is 41.6 Å². The Morgan fingerprint density at radius 3 is 2.32 bits per heavy atom. The van der Waals surface area contributed by atoms with Gasteiger partial charge in [-0.1, -0.05) is 50.1 Å². The van der Waals surface area contributed by atoms with E-state index in [4.69, 9.17) is 0 Å². The molecular weight excluding hydrogens is 389 g/mol. The lowest BCUT2D eigenvalue weighted by Gasteiger charge is -2.48. The molecule has 2 aliphatic rings. The maximum atomic E-state index is 13.7. The van der Waals surface area contributed by atoms with Gasteiger partial charge in [-0.3, -0.25) is 4.79 Å². The van der Waals surface area contributed by atoms with E-state index in [1.54, 1.807) is 0 Å². The summed E-state index contributed by atoms with van der Waals surface area (Å²) in [6.07, 6.45) is 5.94. The number of rotatable bonds is 7. The maximum Gasteiger partial charge on any atom is 0.247 e. The predicted molar refractivity (Wildman–Crippen MR) is 124 cm³/mol. The summed E-state index contributed by atoms with van der Waals surface area (Å²) < 4.78 is 13.7. The summed E-state index contributed by atoms with van der Waals surface area (Å²) in [5, 5.41) is 3.34. The van der Waals surface area contributed by atoms with E-state index in [0.29, 0.717) is 6.42 Å². The van der Waals surface area contributed by atoms with Gasteiger partial charge in [0.2, 0.25) is 5.91 Å². The molecule has 4 nitrogen and oxygen atoms in total. The Bertz CT molecular complexity index is 877. The fourth-order valence-electron chi connectivity index (χ4n) is 5.41. The highest BCUT2D eigenvalue weighted by atomic mass is 19.1. The Labute approximate surface area is 185 Å². The van der Waals surface area contributed by atoms with Crippen molar-refractivity contribution < 1.29 is 9.18 Å². The number of piperidine rings is 1. The van der Waals surface area contributed by atoms with Gasteiger partial charge in [-0.15, -0.1) is 0 Å². The first kappa shape index (κ1) is 21.8. The van der Waals surface area contributed by atoms with Crippen LogP contribution in [0.5, 0.6) is 0 Å². The smallest absolute Gasteiger partial charge is 0.247 e. The molecule has 0 aromatic heterocycles. The van der Waals surface area contributed by atoms with Crippen LogP contribution in [-0.2, 0) is 11.2 Å². The fourth-order valence-corrected chi connectivity index (χ4v) is 5.41. The number of unbranched alkanes of at least 4 members (excludes halogenated alkanes) is 2. The number of benzene rings is 2. The SMILES string of the molecule is CCCCCN1CCC2(CC1)C(=O)NC(C)(Cc1ccccc1)N2c1ccc(F)cc1. The zero-order chi connectivity index (χ0) is 21.9. The second-order valence-corrected chi connectivity index (χ2v) is 9.28. The first-order valence-electron chi connectivity index (χ1n) is 11.6. The van der Waals surface area contributed by atoms with Crippen LogP contribution in [0.1, 0.15) is 51.5 Å². The van der Waals surface area contributed by atoms with Crippen molar-refractivity contribution in [1.29, 1.82) is 0 Å². The molecule has 1 N–H and O–H groups in total. The van der Waals surface area contributed by atoms with Crippen molar-refractivity contribution in [2.24, 2.45) is 0 Å². The van der Waals surface area contributed by atoms with Crippen LogP contribution in [0.3, 0.4) is 0 Å². The molecule has 2 aromatic rings. The molecule has 1 amide bonds. The van der Waals surface area contributed by atoms with E-state index < -0.39 is 11.2 Å². The van der Waals surface area contributed by atoms with Crippen LogP contribution >= 0.6 is 0 Å². The Kier molecular flexibility index (Phi) is 6.33. The zero-order valence-electron chi connectivity index (χ0n) is 18.7. The van der Waals surface area contributed by atoms with E-state index in [0.717, 1.165) is 38.2 Å². The van der Waals surface area contributed by atoms with E-state index in [-0.39, 0.29) is 11.7 Å². The molecule has 1 atom stereocenters. The van der Waals surface area contributed by atoms with Crippen molar-refractivity contribution in [3.8, 4) is 0 Å². The van der Waals surface area contributed by atoms with Crippen molar-refractivity contribution in [2.45, 2.75) is 63.6 Å². The molecule has 2 fully saturated rings. The third kappa shape index (κ3) is 4.33. The summed E-state index contributed by atoms with van der Waals surface area (Å²) in [7, 11) is 0. The summed E-state index contributed by atoms with van der Waals surface area (Å²) in [6, 6.07) is 16.9. The first-order valence-corrected chi connectivity index (χ1v) is 11.6. The van der Waals surface area contributed by atoms with E-state index in [1.807, 2.05) is 30.3 Å². The Balaban J connectivity index is 1.64. The highest BCUT2D eigenvalue weighted by Crippen LogP contribution is 2.44. The highest BCUT2D eigenvalue weighted by Gasteiger charge is 2.59. The largest absolute Gasteiger partial charge is 0.334 e. The molecular formula is C26H34FN3O. The molecule has 2 saturated heterocycles. The summed E-state index contributed by atoms with van der Waals surface area (Å²) in [6.45, 7) is 7.25. The van der Waals surface area contributed by atoms with E-state index in [2.05, 4.69) is 41.1 Å². The molecule has 31 heavy (non-hydrogen) atoms. The van der Waals surface area contributed by atoms with Crippen LogP contribution in [0, 0.1) is 5.82 Å². The van der Waals surface area contributed by atoms with Crippen LogP contribution in [0.15, 0.2) is 54.6 Å². The fraction of sp³-hybridized carbons (Fsp3) is 0.500. The molecule has 0 radical (unpaired) electrons. The van der Waals surface area contributed by atoms with Gasteiger partial charge in [0.25, 0.3) is 0 Å². The summed E-state index contributed by atoms with van der Waals surface area (Å²) in [4.78, 5) is 18.3. The number of hydrogen-bond donors (Lipinski definition) is 1. The lowest BCUT2D eigenvalue weighted by Crippen LogP contribution is -2.60. The zero-order valence-corrected chi connectivity index (χ0v) is 18.7. The van der Waals surface area contributed by atoms with Crippen molar-refractivity contribution in [1.82, 2.24) is 10.2 Å². The number of amides is 1. The van der Waals surface area contributed by atoms with Gasteiger partial charge in [0.15, 0.2) is 0 Å². The van der Waals surface area contributed by atoms with E-state index >= 15 is 0 Å². The van der Waals surface area contributed by atoms with Crippen molar-refractivity contribution in [3.05, 3.63) is 66.0 Å². The minimum atomic E-state index is -0.595. The number of nitrogens with zero attached hydrogens (tertiary/aromatic N) is 2. The minimum absolute atomic E-state index is 0.100. The maximum absolute atomic E-state index is 13.7. The standard InChI is InChI=1S/C26H34FN3O/c1-3-4-8-17-29-18-15-26(16-19-29)24(31)28-25(2,20-21-9-6-5-7-10-21)30(26)23-13-11-22(27)12-14-23/h5-7,9-14H,3-4,8,15-20H2,1-2H3,(H,28,31). The van der Waals surface area contributed by atoms with Gasteiger partial charge < -0.3 is 15.1 Å². The van der Waals surface area contributed by atoms with Crippen LogP contribution in [0.2, 0.25) is 0 Å². The molecule has 0 saturated carbocycles. The average Bonchev–Trinajstić information content (AvgIpc) is 2.97. The average molecular weight is 424 g/mol. The number of halogens is 1. The summed E-state index contributed by atoms with van der Waals surface area (Å²) in [5.74, 6) is -0.157. The number of nitrogens with one attached hydrogen (secondary N) is 1. The summed E-state index contributed by atoms with van der Waals surface area (Å²) in [5.41, 5.74) is 0.910. The molecule has 1 spiro atoms. The molecule has 0 bridgehead atoms. The number of carbonyl (C=O) groups excluding carboxylic acids is 1. The molecule has 4 rings (SSSR count). The first-order chi connectivity index (χ1) is 15.0. The molecule has 5 heteroatoms. The number of hydrogen-bond acceptors (Lipinski definition) is 3. The summed E-state index contributed by atoms with van der Waals surface area (Å²) >= 11 is 0. The number of carbonyl (C=O) groups is 1. The monoisotopic (exact) mass is 423 g/mol. The molecule has 2 aliphatic heterocycles. The van der Waals surface area contributed by atoms with Gasteiger partial charge >= 0.3 is 0 Å². The van der Waals surface area contributed by atoms with Gasteiger partial charge in [-0.25, -0.2) is 4.39 Å². The van der Waals surface area contributed by atoms with Gasteiger partial charge in [0, 0.05) is 25.2 Å². The lowest BCUT2D eigenvalue weighted by molar-refractivity contribution is -0.125. The number of likely N-dealkylation sites (tertiary alicyclic amines) is 1. The number of anilines is 1. The van der Waals surface area contributed by atoms with Gasteiger partial charge in [0.05, 0.1) is 0 Å². The Morgan fingerprint density at radius 1 is 1.00 bits per heavy atom.